The van der Waals surface area contributed by atoms with Gasteiger partial charge in [-0.25, -0.2) is 0 Å². The van der Waals surface area contributed by atoms with E-state index >= 15 is 0 Å². The van der Waals surface area contributed by atoms with Gasteiger partial charge in [0.2, 0.25) is 5.91 Å². The molecule has 1 amide bonds. The Morgan fingerprint density at radius 3 is 2.83 bits per heavy atom. The quantitative estimate of drug-likeness (QED) is 0.804. The van der Waals surface area contributed by atoms with Gasteiger partial charge in [0, 0.05) is 27.2 Å². The molecular formula is C14H20N2O2. The van der Waals surface area contributed by atoms with Gasteiger partial charge in [0.05, 0.1) is 13.7 Å². The normalized spacial score (nSPS) is 15.1. The number of carbonyl (C=O) groups is 1. The van der Waals surface area contributed by atoms with Crippen LogP contribution in [0.3, 0.4) is 0 Å². The minimum absolute atomic E-state index is 0.154. The van der Waals surface area contributed by atoms with E-state index < -0.39 is 0 Å². The molecule has 0 bridgehead atoms. The first kappa shape index (κ1) is 12.9. The number of hydrogen-bond donors (Lipinski definition) is 0. The van der Waals surface area contributed by atoms with E-state index in [2.05, 4.69) is 17.0 Å². The van der Waals surface area contributed by atoms with Gasteiger partial charge >= 0.3 is 0 Å². The van der Waals surface area contributed by atoms with Crippen LogP contribution in [-0.4, -0.2) is 50.0 Å². The predicted molar refractivity (Wildman–Crippen MR) is 70.7 cm³/mol. The van der Waals surface area contributed by atoms with Crippen LogP contribution >= 0.6 is 0 Å². The summed E-state index contributed by atoms with van der Waals surface area (Å²) in [5.41, 5.74) is 2.64. The molecule has 1 aromatic rings. The second-order valence-electron chi connectivity index (χ2n) is 4.88. The Kier molecular flexibility index (Phi) is 3.87. The number of hydrogen-bond acceptors (Lipinski definition) is 3. The molecule has 0 saturated carbocycles. The predicted octanol–water partition coefficient (Wildman–Crippen LogP) is 1.14. The van der Waals surface area contributed by atoms with E-state index in [1.807, 2.05) is 6.07 Å². The van der Waals surface area contributed by atoms with Gasteiger partial charge in [0.25, 0.3) is 0 Å². The van der Waals surface area contributed by atoms with Crippen molar-refractivity contribution in [2.75, 3.05) is 34.3 Å². The molecule has 18 heavy (non-hydrogen) atoms. The largest absolute Gasteiger partial charge is 0.497 e. The zero-order chi connectivity index (χ0) is 13.1. The number of benzene rings is 1. The average molecular weight is 248 g/mol. The highest BCUT2D eigenvalue weighted by Gasteiger charge is 2.19. The summed E-state index contributed by atoms with van der Waals surface area (Å²) in [7, 11) is 5.27. The van der Waals surface area contributed by atoms with Crippen molar-refractivity contribution in [1.29, 1.82) is 0 Å². The Balaban J connectivity index is 2.06. The van der Waals surface area contributed by atoms with E-state index in [9.17, 15) is 4.79 Å². The summed E-state index contributed by atoms with van der Waals surface area (Å²) in [6.07, 6.45) is 1.00. The van der Waals surface area contributed by atoms with Gasteiger partial charge in [0.15, 0.2) is 0 Å². The van der Waals surface area contributed by atoms with Crippen molar-refractivity contribution in [3.63, 3.8) is 0 Å². The smallest absolute Gasteiger partial charge is 0.236 e. The fraction of sp³-hybridized carbons (Fsp3) is 0.500. The molecule has 98 valence electrons. The van der Waals surface area contributed by atoms with Crippen LogP contribution in [0.4, 0.5) is 0 Å². The molecule has 1 aromatic carbocycles. The standard InChI is InChI=1S/C14H20N2O2/c1-15(2)14(17)10-16-7-6-11-4-5-13(18-3)8-12(11)9-16/h4-5,8H,6-7,9-10H2,1-3H3. The summed E-state index contributed by atoms with van der Waals surface area (Å²) in [6, 6.07) is 6.19. The van der Waals surface area contributed by atoms with E-state index in [1.165, 1.54) is 11.1 Å². The molecule has 0 fully saturated rings. The second-order valence-corrected chi connectivity index (χ2v) is 4.88. The topological polar surface area (TPSA) is 32.8 Å². The first-order chi connectivity index (χ1) is 8.60. The van der Waals surface area contributed by atoms with Crippen LogP contribution in [0.1, 0.15) is 11.1 Å². The number of likely N-dealkylation sites (N-methyl/N-ethyl adjacent to an activating group) is 1. The van der Waals surface area contributed by atoms with Crippen LogP contribution < -0.4 is 4.74 Å². The third kappa shape index (κ3) is 2.82. The number of rotatable bonds is 3. The summed E-state index contributed by atoms with van der Waals surface area (Å²) >= 11 is 0. The Morgan fingerprint density at radius 2 is 2.17 bits per heavy atom. The Morgan fingerprint density at radius 1 is 1.39 bits per heavy atom. The lowest BCUT2D eigenvalue weighted by Crippen LogP contribution is -2.39. The summed E-state index contributed by atoms with van der Waals surface area (Å²) in [5, 5.41) is 0. The van der Waals surface area contributed by atoms with Gasteiger partial charge in [-0.2, -0.15) is 0 Å². The van der Waals surface area contributed by atoms with Crippen LogP contribution in [-0.2, 0) is 17.8 Å². The van der Waals surface area contributed by atoms with E-state index in [-0.39, 0.29) is 5.91 Å². The van der Waals surface area contributed by atoms with Gasteiger partial charge in [-0.15, -0.1) is 0 Å². The Hall–Kier alpha value is -1.55. The molecule has 0 radical (unpaired) electrons. The van der Waals surface area contributed by atoms with Gasteiger partial charge < -0.3 is 9.64 Å². The lowest BCUT2D eigenvalue weighted by atomic mass is 9.99. The fourth-order valence-electron chi connectivity index (χ4n) is 2.19. The molecule has 0 aliphatic carbocycles. The first-order valence-corrected chi connectivity index (χ1v) is 6.18. The molecule has 0 atom stereocenters. The minimum Gasteiger partial charge on any atom is -0.497 e. The molecule has 0 aromatic heterocycles. The lowest BCUT2D eigenvalue weighted by Gasteiger charge is -2.29. The number of methoxy groups -OCH3 is 1. The molecule has 0 saturated heterocycles. The molecule has 2 rings (SSSR count). The van der Waals surface area contributed by atoms with Crippen molar-refractivity contribution < 1.29 is 9.53 Å². The number of fused-ring (bicyclic) bond motifs is 1. The van der Waals surface area contributed by atoms with Crippen LogP contribution in [0.5, 0.6) is 5.75 Å². The molecular weight excluding hydrogens is 228 g/mol. The lowest BCUT2D eigenvalue weighted by molar-refractivity contribution is -0.130. The van der Waals surface area contributed by atoms with Crippen LogP contribution in [0.2, 0.25) is 0 Å². The maximum Gasteiger partial charge on any atom is 0.236 e. The third-order valence-electron chi connectivity index (χ3n) is 3.36. The van der Waals surface area contributed by atoms with E-state index in [4.69, 9.17) is 4.74 Å². The summed E-state index contributed by atoms with van der Waals surface area (Å²) < 4.78 is 5.24. The number of ether oxygens (including phenoxy) is 1. The highest BCUT2D eigenvalue weighted by molar-refractivity contribution is 5.77. The molecule has 0 unspecified atom stereocenters. The first-order valence-electron chi connectivity index (χ1n) is 6.18. The molecule has 1 aliphatic heterocycles. The Labute approximate surface area is 108 Å². The maximum atomic E-state index is 11.7. The molecule has 0 N–H and O–H groups in total. The highest BCUT2D eigenvalue weighted by atomic mass is 16.5. The van der Waals surface area contributed by atoms with Crippen LogP contribution in [0.15, 0.2) is 18.2 Å². The van der Waals surface area contributed by atoms with Gasteiger partial charge in [0.1, 0.15) is 5.75 Å². The van der Waals surface area contributed by atoms with Gasteiger partial charge in [-0.3, -0.25) is 9.69 Å². The second kappa shape index (κ2) is 5.40. The average Bonchev–Trinajstić information content (AvgIpc) is 2.37. The molecule has 1 heterocycles. The molecule has 4 heteroatoms. The van der Waals surface area contributed by atoms with Crippen LogP contribution in [0, 0.1) is 0 Å². The Bertz CT molecular complexity index is 443. The molecule has 4 nitrogen and oxygen atoms in total. The van der Waals surface area contributed by atoms with E-state index in [0.717, 1.165) is 25.3 Å². The number of amides is 1. The van der Waals surface area contributed by atoms with Crippen molar-refractivity contribution in [2.24, 2.45) is 0 Å². The summed E-state index contributed by atoms with van der Waals surface area (Å²) in [4.78, 5) is 15.5. The van der Waals surface area contributed by atoms with Crippen molar-refractivity contribution in [1.82, 2.24) is 9.80 Å². The monoisotopic (exact) mass is 248 g/mol. The highest BCUT2D eigenvalue weighted by Crippen LogP contribution is 2.23. The van der Waals surface area contributed by atoms with Crippen molar-refractivity contribution >= 4 is 5.91 Å². The van der Waals surface area contributed by atoms with E-state index in [0.29, 0.717) is 6.54 Å². The third-order valence-corrected chi connectivity index (χ3v) is 3.36. The van der Waals surface area contributed by atoms with E-state index in [1.54, 1.807) is 26.1 Å². The fourth-order valence-corrected chi connectivity index (χ4v) is 2.19. The number of nitrogens with zero attached hydrogens (tertiary/aromatic N) is 2. The van der Waals surface area contributed by atoms with Crippen molar-refractivity contribution in [3.05, 3.63) is 29.3 Å². The minimum atomic E-state index is 0.154. The van der Waals surface area contributed by atoms with Crippen LogP contribution in [0.25, 0.3) is 0 Å². The zero-order valence-electron chi connectivity index (χ0n) is 11.3. The number of carbonyl (C=O) groups excluding carboxylic acids is 1. The SMILES string of the molecule is COc1ccc2c(c1)CN(CC(=O)N(C)C)CC2. The molecule has 1 aliphatic rings. The summed E-state index contributed by atoms with van der Waals surface area (Å²) in [6.45, 7) is 2.26. The molecule has 0 spiro atoms. The van der Waals surface area contributed by atoms with Crippen molar-refractivity contribution in [3.8, 4) is 5.75 Å². The van der Waals surface area contributed by atoms with Crippen molar-refractivity contribution in [2.45, 2.75) is 13.0 Å². The maximum absolute atomic E-state index is 11.7. The van der Waals surface area contributed by atoms with Gasteiger partial charge in [-0.1, -0.05) is 6.07 Å². The summed E-state index contributed by atoms with van der Waals surface area (Å²) in [5.74, 6) is 1.04. The van der Waals surface area contributed by atoms with Gasteiger partial charge in [-0.05, 0) is 29.7 Å². The zero-order valence-corrected chi connectivity index (χ0v) is 11.3.